The number of rotatable bonds is 3. The summed E-state index contributed by atoms with van der Waals surface area (Å²) >= 11 is 1.50. The van der Waals surface area contributed by atoms with Crippen LogP contribution in [0.3, 0.4) is 0 Å². The van der Waals surface area contributed by atoms with Crippen LogP contribution < -0.4 is 10.2 Å². The molecule has 1 aromatic carbocycles. The molecule has 0 radical (unpaired) electrons. The first-order chi connectivity index (χ1) is 10.6. The highest BCUT2D eigenvalue weighted by Crippen LogP contribution is 2.30. The molecular weight excluding hydrogens is 305 g/mol. The van der Waals surface area contributed by atoms with E-state index in [1.54, 1.807) is 12.1 Å². The third-order valence-electron chi connectivity index (χ3n) is 3.34. The highest BCUT2D eigenvalue weighted by molar-refractivity contribution is 7.14. The molecule has 1 N–H and O–H groups in total. The van der Waals surface area contributed by atoms with Gasteiger partial charge in [-0.3, -0.25) is 4.79 Å². The predicted molar refractivity (Wildman–Crippen MR) is 84.8 cm³/mol. The molecule has 5 nitrogen and oxygen atoms in total. The SMILES string of the molecule is CC(=O)Nc1ccc(-c2csc(N3CCOCC3)n2)c(F)c1. The van der Waals surface area contributed by atoms with Gasteiger partial charge in [0.25, 0.3) is 0 Å². The molecule has 0 unspecified atom stereocenters. The molecule has 1 amide bonds. The second-order valence-corrected chi connectivity index (χ2v) is 5.83. The molecule has 3 rings (SSSR count). The van der Waals surface area contributed by atoms with Crippen molar-refractivity contribution in [3.63, 3.8) is 0 Å². The van der Waals surface area contributed by atoms with E-state index in [-0.39, 0.29) is 5.91 Å². The minimum absolute atomic E-state index is 0.226. The third kappa shape index (κ3) is 3.26. The molecule has 0 aliphatic carbocycles. The van der Waals surface area contributed by atoms with E-state index in [1.165, 1.54) is 24.3 Å². The van der Waals surface area contributed by atoms with Crippen LogP contribution >= 0.6 is 11.3 Å². The van der Waals surface area contributed by atoms with Gasteiger partial charge >= 0.3 is 0 Å². The number of carbonyl (C=O) groups excluding carboxylic acids is 1. The van der Waals surface area contributed by atoms with Gasteiger partial charge in [-0.1, -0.05) is 0 Å². The van der Waals surface area contributed by atoms with E-state index in [1.807, 2.05) is 5.38 Å². The van der Waals surface area contributed by atoms with Crippen LogP contribution in [0.15, 0.2) is 23.6 Å². The molecule has 1 aliphatic rings. The Hall–Kier alpha value is -1.99. The van der Waals surface area contributed by atoms with Gasteiger partial charge in [0.15, 0.2) is 5.13 Å². The zero-order valence-corrected chi connectivity index (χ0v) is 13.0. The van der Waals surface area contributed by atoms with Crippen LogP contribution in [0.5, 0.6) is 0 Å². The van der Waals surface area contributed by atoms with E-state index in [4.69, 9.17) is 4.74 Å². The van der Waals surface area contributed by atoms with E-state index in [0.717, 1.165) is 18.2 Å². The molecule has 7 heteroatoms. The molecule has 22 heavy (non-hydrogen) atoms. The zero-order valence-electron chi connectivity index (χ0n) is 12.1. The van der Waals surface area contributed by atoms with Crippen molar-refractivity contribution >= 4 is 28.1 Å². The van der Waals surface area contributed by atoms with Gasteiger partial charge in [0, 0.05) is 36.6 Å². The average molecular weight is 321 g/mol. The van der Waals surface area contributed by atoms with Crippen molar-refractivity contribution in [3.05, 3.63) is 29.4 Å². The summed E-state index contributed by atoms with van der Waals surface area (Å²) in [4.78, 5) is 17.7. The molecule has 0 bridgehead atoms. The highest BCUT2D eigenvalue weighted by atomic mass is 32.1. The number of hydrogen-bond donors (Lipinski definition) is 1. The van der Waals surface area contributed by atoms with Crippen molar-refractivity contribution in [3.8, 4) is 11.3 Å². The molecule has 2 heterocycles. The van der Waals surface area contributed by atoms with E-state index >= 15 is 0 Å². The minimum Gasteiger partial charge on any atom is -0.378 e. The second-order valence-electron chi connectivity index (χ2n) is 4.99. The van der Waals surface area contributed by atoms with Crippen LogP contribution in [-0.2, 0) is 9.53 Å². The van der Waals surface area contributed by atoms with Crippen molar-refractivity contribution in [2.45, 2.75) is 6.92 Å². The molecule has 1 saturated heterocycles. The number of anilines is 2. The van der Waals surface area contributed by atoms with Crippen LogP contribution in [-0.4, -0.2) is 37.2 Å². The lowest BCUT2D eigenvalue weighted by Gasteiger charge is -2.26. The van der Waals surface area contributed by atoms with Gasteiger partial charge in [-0.05, 0) is 18.2 Å². The number of ether oxygens (including phenoxy) is 1. The maximum Gasteiger partial charge on any atom is 0.221 e. The Morgan fingerprint density at radius 3 is 2.86 bits per heavy atom. The number of carbonyl (C=O) groups is 1. The molecule has 2 aromatic rings. The van der Waals surface area contributed by atoms with Gasteiger partial charge in [-0.15, -0.1) is 11.3 Å². The normalized spacial score (nSPS) is 14.9. The first kappa shape index (κ1) is 14.9. The van der Waals surface area contributed by atoms with Crippen molar-refractivity contribution < 1.29 is 13.9 Å². The highest BCUT2D eigenvalue weighted by Gasteiger charge is 2.16. The van der Waals surface area contributed by atoms with Gasteiger partial charge in [0.2, 0.25) is 5.91 Å². The summed E-state index contributed by atoms with van der Waals surface area (Å²) in [5.74, 6) is -0.625. The van der Waals surface area contributed by atoms with Gasteiger partial charge in [0.1, 0.15) is 5.82 Å². The molecule has 1 aromatic heterocycles. The number of nitrogens with one attached hydrogen (secondary N) is 1. The van der Waals surface area contributed by atoms with E-state index in [0.29, 0.717) is 30.2 Å². The summed E-state index contributed by atoms with van der Waals surface area (Å²) in [7, 11) is 0. The standard InChI is InChI=1S/C15H16FN3O2S/c1-10(20)17-11-2-3-12(13(16)8-11)14-9-22-15(18-14)19-4-6-21-7-5-19/h2-3,8-9H,4-7H2,1H3,(H,17,20). The van der Waals surface area contributed by atoms with Crippen LogP contribution in [0, 0.1) is 5.82 Å². The summed E-state index contributed by atoms with van der Waals surface area (Å²) < 4.78 is 19.5. The fraction of sp³-hybridized carbons (Fsp3) is 0.333. The Bertz CT molecular complexity index is 683. The number of benzene rings is 1. The topological polar surface area (TPSA) is 54.5 Å². The van der Waals surface area contributed by atoms with Gasteiger partial charge in [-0.25, -0.2) is 9.37 Å². The lowest BCUT2D eigenvalue weighted by molar-refractivity contribution is -0.114. The van der Waals surface area contributed by atoms with Crippen LogP contribution in [0.25, 0.3) is 11.3 Å². The number of nitrogens with zero attached hydrogens (tertiary/aromatic N) is 2. The number of aromatic nitrogens is 1. The summed E-state index contributed by atoms with van der Waals surface area (Å²) in [5.41, 5.74) is 1.49. The molecule has 116 valence electrons. The molecular formula is C15H16FN3O2S. The van der Waals surface area contributed by atoms with Crippen LogP contribution in [0.2, 0.25) is 0 Å². The third-order valence-corrected chi connectivity index (χ3v) is 4.24. The Morgan fingerprint density at radius 1 is 1.41 bits per heavy atom. The summed E-state index contributed by atoms with van der Waals surface area (Å²) in [6.07, 6.45) is 0. The van der Waals surface area contributed by atoms with Gasteiger partial charge in [-0.2, -0.15) is 0 Å². The monoisotopic (exact) mass is 321 g/mol. The summed E-state index contributed by atoms with van der Waals surface area (Å²) in [5, 5.41) is 5.29. The molecule has 1 fully saturated rings. The second kappa shape index (κ2) is 6.41. The summed E-state index contributed by atoms with van der Waals surface area (Å²) in [6, 6.07) is 4.62. The molecule has 0 atom stereocenters. The number of halogens is 1. The Morgan fingerprint density at radius 2 is 2.18 bits per heavy atom. The van der Waals surface area contributed by atoms with Crippen molar-refractivity contribution in [1.82, 2.24) is 4.98 Å². The smallest absolute Gasteiger partial charge is 0.221 e. The number of thiazole rings is 1. The lowest BCUT2D eigenvalue weighted by atomic mass is 10.1. The predicted octanol–water partition coefficient (Wildman–Crippen LogP) is 2.74. The quantitative estimate of drug-likeness (QED) is 0.944. The maximum absolute atomic E-state index is 14.2. The average Bonchev–Trinajstić information content (AvgIpc) is 2.97. The van der Waals surface area contributed by atoms with E-state index in [2.05, 4.69) is 15.2 Å². The van der Waals surface area contributed by atoms with Gasteiger partial charge in [0.05, 0.1) is 18.9 Å². The van der Waals surface area contributed by atoms with Crippen molar-refractivity contribution in [1.29, 1.82) is 0 Å². The van der Waals surface area contributed by atoms with Crippen molar-refractivity contribution in [2.75, 3.05) is 36.5 Å². The van der Waals surface area contributed by atoms with Crippen LogP contribution in [0.4, 0.5) is 15.2 Å². The largest absolute Gasteiger partial charge is 0.378 e. The Labute approximate surface area is 131 Å². The van der Waals surface area contributed by atoms with Gasteiger partial charge < -0.3 is 15.0 Å². The minimum atomic E-state index is -0.398. The Kier molecular flexibility index (Phi) is 4.35. The summed E-state index contributed by atoms with van der Waals surface area (Å²) in [6.45, 7) is 4.37. The fourth-order valence-corrected chi connectivity index (χ4v) is 3.17. The molecule has 1 aliphatic heterocycles. The molecule has 0 saturated carbocycles. The van der Waals surface area contributed by atoms with Crippen LogP contribution in [0.1, 0.15) is 6.92 Å². The number of morpholine rings is 1. The Balaban J connectivity index is 1.82. The lowest BCUT2D eigenvalue weighted by Crippen LogP contribution is -2.36. The van der Waals surface area contributed by atoms with Crippen molar-refractivity contribution in [2.24, 2.45) is 0 Å². The fourth-order valence-electron chi connectivity index (χ4n) is 2.29. The number of hydrogen-bond acceptors (Lipinski definition) is 5. The van der Waals surface area contributed by atoms with E-state index < -0.39 is 5.82 Å². The first-order valence-corrected chi connectivity index (χ1v) is 7.87. The van der Waals surface area contributed by atoms with E-state index in [9.17, 15) is 9.18 Å². The molecule has 0 spiro atoms. The first-order valence-electron chi connectivity index (χ1n) is 6.99. The zero-order chi connectivity index (χ0) is 15.5. The maximum atomic E-state index is 14.2. The number of amides is 1.